The number of carbonyl (C=O) groups is 1. The minimum absolute atomic E-state index is 0.154. The molecule has 0 radical (unpaired) electrons. The predicted octanol–water partition coefficient (Wildman–Crippen LogP) is 0.735. The van der Waals surface area contributed by atoms with Crippen LogP contribution >= 0.6 is 0 Å². The Kier molecular flexibility index (Phi) is 3.14. The van der Waals surface area contributed by atoms with Gasteiger partial charge in [-0.2, -0.15) is 0 Å². The van der Waals surface area contributed by atoms with Gasteiger partial charge in [0.1, 0.15) is 5.82 Å². The summed E-state index contributed by atoms with van der Waals surface area (Å²) < 4.78 is 36.5. The van der Waals surface area contributed by atoms with Gasteiger partial charge >= 0.3 is 0 Å². The Bertz CT molecular complexity index is 640. The van der Waals surface area contributed by atoms with Crippen molar-refractivity contribution in [1.29, 1.82) is 0 Å². The zero-order valence-corrected chi connectivity index (χ0v) is 11.5. The first-order valence-electron chi connectivity index (χ1n) is 5.76. The SMILES string of the molecule is CC1(C)C(=O)N(Cc2cc(F)ccc2CN)S1(=O)=O. The normalized spacial score (nSPS) is 20.2. The van der Waals surface area contributed by atoms with Crippen LogP contribution in [0.2, 0.25) is 0 Å². The molecule has 1 aliphatic rings. The maximum absolute atomic E-state index is 13.2. The molecule has 5 nitrogen and oxygen atoms in total. The van der Waals surface area contributed by atoms with E-state index in [1.54, 1.807) is 0 Å². The molecule has 104 valence electrons. The largest absolute Gasteiger partial charge is 0.326 e. The number of rotatable bonds is 3. The van der Waals surface area contributed by atoms with Gasteiger partial charge in [0.15, 0.2) is 4.75 Å². The van der Waals surface area contributed by atoms with Gasteiger partial charge in [-0.25, -0.2) is 17.1 Å². The number of nitrogens with zero attached hydrogens (tertiary/aromatic N) is 1. The van der Waals surface area contributed by atoms with Gasteiger partial charge in [-0.3, -0.25) is 4.79 Å². The van der Waals surface area contributed by atoms with Crippen LogP contribution in [0.25, 0.3) is 0 Å². The fraction of sp³-hybridized carbons (Fsp3) is 0.417. The third-order valence-corrected chi connectivity index (χ3v) is 5.72. The van der Waals surface area contributed by atoms with E-state index in [-0.39, 0.29) is 13.1 Å². The quantitative estimate of drug-likeness (QED) is 0.888. The van der Waals surface area contributed by atoms with E-state index in [9.17, 15) is 17.6 Å². The zero-order chi connectivity index (χ0) is 14.4. The standard InChI is InChI=1S/C12H15FN2O3S/c1-12(2)11(16)15(19(12,17)18)7-9-5-10(13)4-3-8(9)6-14/h3-5H,6-7,14H2,1-2H3. The Morgan fingerprint density at radius 2 is 1.95 bits per heavy atom. The third kappa shape index (κ3) is 1.93. The van der Waals surface area contributed by atoms with Gasteiger partial charge in [0.25, 0.3) is 15.9 Å². The first-order chi connectivity index (χ1) is 8.71. The Hall–Kier alpha value is -1.47. The summed E-state index contributed by atoms with van der Waals surface area (Å²) in [6.07, 6.45) is 0. The van der Waals surface area contributed by atoms with Crippen molar-refractivity contribution in [3.63, 3.8) is 0 Å². The highest BCUT2D eigenvalue weighted by atomic mass is 32.2. The van der Waals surface area contributed by atoms with E-state index in [0.717, 1.165) is 4.31 Å². The zero-order valence-electron chi connectivity index (χ0n) is 10.7. The number of carbonyl (C=O) groups excluding carboxylic acids is 1. The summed E-state index contributed by atoms with van der Waals surface area (Å²) in [6.45, 7) is 2.70. The molecule has 0 atom stereocenters. The average Bonchev–Trinajstić information content (AvgIpc) is 2.35. The fourth-order valence-corrected chi connectivity index (χ4v) is 3.51. The van der Waals surface area contributed by atoms with E-state index in [1.807, 2.05) is 0 Å². The highest BCUT2D eigenvalue weighted by Crippen LogP contribution is 2.36. The molecule has 1 aliphatic heterocycles. The van der Waals surface area contributed by atoms with Gasteiger partial charge in [-0.05, 0) is 37.1 Å². The Balaban J connectivity index is 2.34. The van der Waals surface area contributed by atoms with Gasteiger partial charge in [0.2, 0.25) is 0 Å². The van der Waals surface area contributed by atoms with Crippen LogP contribution in [0.3, 0.4) is 0 Å². The topological polar surface area (TPSA) is 80.5 Å². The molecule has 1 aromatic carbocycles. The van der Waals surface area contributed by atoms with Crippen molar-refractivity contribution in [2.24, 2.45) is 5.73 Å². The van der Waals surface area contributed by atoms with Crippen LogP contribution in [0.4, 0.5) is 4.39 Å². The van der Waals surface area contributed by atoms with Crippen molar-refractivity contribution in [3.8, 4) is 0 Å². The number of hydrogen-bond donors (Lipinski definition) is 1. The summed E-state index contributed by atoms with van der Waals surface area (Å²) in [5.74, 6) is -0.975. The lowest BCUT2D eigenvalue weighted by atomic mass is 10.1. The number of nitrogens with two attached hydrogens (primary N) is 1. The Morgan fingerprint density at radius 1 is 1.32 bits per heavy atom. The van der Waals surface area contributed by atoms with E-state index >= 15 is 0 Å². The number of halogens is 1. The number of hydrogen-bond acceptors (Lipinski definition) is 4. The molecule has 1 heterocycles. The maximum Gasteiger partial charge on any atom is 0.259 e. The average molecular weight is 286 g/mol. The van der Waals surface area contributed by atoms with Crippen molar-refractivity contribution in [2.45, 2.75) is 31.7 Å². The second-order valence-corrected chi connectivity index (χ2v) is 7.36. The van der Waals surface area contributed by atoms with E-state index < -0.39 is 26.5 Å². The molecule has 7 heteroatoms. The first kappa shape index (κ1) is 14.0. The summed E-state index contributed by atoms with van der Waals surface area (Å²) in [4.78, 5) is 11.8. The molecule has 0 saturated carbocycles. The van der Waals surface area contributed by atoms with Crippen molar-refractivity contribution < 1.29 is 17.6 Å². The lowest BCUT2D eigenvalue weighted by Crippen LogP contribution is -2.66. The van der Waals surface area contributed by atoms with Crippen molar-refractivity contribution >= 4 is 15.9 Å². The minimum Gasteiger partial charge on any atom is -0.326 e. The minimum atomic E-state index is -3.67. The number of benzene rings is 1. The monoisotopic (exact) mass is 286 g/mol. The molecule has 0 spiro atoms. The summed E-state index contributed by atoms with van der Waals surface area (Å²) in [7, 11) is -3.67. The summed E-state index contributed by atoms with van der Waals surface area (Å²) >= 11 is 0. The molecular formula is C12H15FN2O3S. The van der Waals surface area contributed by atoms with Crippen LogP contribution < -0.4 is 5.73 Å². The van der Waals surface area contributed by atoms with Crippen molar-refractivity contribution in [1.82, 2.24) is 4.31 Å². The van der Waals surface area contributed by atoms with Crippen LogP contribution in [0.5, 0.6) is 0 Å². The molecule has 1 saturated heterocycles. The molecule has 0 unspecified atom stereocenters. The fourth-order valence-electron chi connectivity index (χ4n) is 2.01. The van der Waals surface area contributed by atoms with Crippen LogP contribution in [0.1, 0.15) is 25.0 Å². The first-order valence-corrected chi connectivity index (χ1v) is 7.20. The second-order valence-electron chi connectivity index (χ2n) is 4.94. The molecular weight excluding hydrogens is 271 g/mol. The smallest absolute Gasteiger partial charge is 0.259 e. The van der Waals surface area contributed by atoms with E-state index in [0.29, 0.717) is 11.1 Å². The van der Waals surface area contributed by atoms with Crippen molar-refractivity contribution in [2.75, 3.05) is 0 Å². The van der Waals surface area contributed by atoms with Crippen LogP contribution in [-0.4, -0.2) is 23.4 Å². The Morgan fingerprint density at radius 3 is 2.47 bits per heavy atom. The van der Waals surface area contributed by atoms with Gasteiger partial charge in [-0.1, -0.05) is 6.07 Å². The summed E-state index contributed by atoms with van der Waals surface area (Å²) in [6, 6.07) is 3.95. The molecule has 19 heavy (non-hydrogen) atoms. The van der Waals surface area contributed by atoms with E-state index in [2.05, 4.69) is 0 Å². The van der Waals surface area contributed by atoms with Crippen LogP contribution in [0.15, 0.2) is 18.2 Å². The maximum atomic E-state index is 13.2. The number of sulfonamides is 1. The van der Waals surface area contributed by atoms with Gasteiger partial charge in [-0.15, -0.1) is 0 Å². The van der Waals surface area contributed by atoms with E-state index in [4.69, 9.17) is 5.73 Å². The second kappa shape index (κ2) is 4.28. The molecule has 1 amide bonds. The molecule has 2 N–H and O–H groups in total. The van der Waals surface area contributed by atoms with Crippen LogP contribution in [-0.2, 0) is 27.9 Å². The lowest BCUT2D eigenvalue weighted by molar-refractivity contribution is -0.132. The molecule has 0 aromatic heterocycles. The molecule has 1 aromatic rings. The number of amides is 1. The van der Waals surface area contributed by atoms with E-state index in [1.165, 1.54) is 32.0 Å². The molecule has 2 rings (SSSR count). The summed E-state index contributed by atoms with van der Waals surface area (Å²) in [5.41, 5.74) is 6.55. The van der Waals surface area contributed by atoms with Gasteiger partial charge in [0, 0.05) is 6.54 Å². The predicted molar refractivity (Wildman–Crippen MR) is 67.8 cm³/mol. The summed E-state index contributed by atoms with van der Waals surface area (Å²) in [5, 5.41) is 0. The van der Waals surface area contributed by atoms with Crippen LogP contribution in [0, 0.1) is 5.82 Å². The highest BCUT2D eigenvalue weighted by molar-refractivity contribution is 7.94. The molecule has 1 fully saturated rings. The third-order valence-electron chi connectivity index (χ3n) is 3.38. The van der Waals surface area contributed by atoms with Gasteiger partial charge < -0.3 is 5.73 Å². The lowest BCUT2D eigenvalue weighted by Gasteiger charge is -2.43. The Labute approximate surface area is 111 Å². The van der Waals surface area contributed by atoms with Crippen molar-refractivity contribution in [3.05, 3.63) is 35.1 Å². The highest BCUT2D eigenvalue weighted by Gasteiger charge is 2.59. The molecule has 0 aliphatic carbocycles. The van der Waals surface area contributed by atoms with Gasteiger partial charge in [0.05, 0.1) is 6.54 Å². The molecule has 0 bridgehead atoms.